The fourth-order valence-electron chi connectivity index (χ4n) is 2.00. The molecule has 1 aromatic carbocycles. The van der Waals surface area contributed by atoms with Gasteiger partial charge >= 0.3 is 5.69 Å². The van der Waals surface area contributed by atoms with Gasteiger partial charge in [-0.1, -0.05) is 12.1 Å². The summed E-state index contributed by atoms with van der Waals surface area (Å²) in [7, 11) is 0. The average Bonchev–Trinajstić information content (AvgIpc) is 2.48. The molecular weight excluding hydrogens is 286 g/mol. The van der Waals surface area contributed by atoms with Gasteiger partial charge in [-0.25, -0.2) is 0 Å². The second-order valence-electron chi connectivity index (χ2n) is 4.54. The van der Waals surface area contributed by atoms with Crippen LogP contribution in [0, 0.1) is 10.1 Å². The van der Waals surface area contributed by atoms with Crippen LogP contribution in [0.15, 0.2) is 24.3 Å². The molecule has 4 N–H and O–H groups in total. The van der Waals surface area contributed by atoms with Gasteiger partial charge in [-0.2, -0.15) is 0 Å². The van der Waals surface area contributed by atoms with Crippen LogP contribution < -0.4 is 4.74 Å². The molecule has 0 radical (unpaired) electrons. The number of benzene rings is 1. The maximum Gasteiger partial charge on any atom is 0.311 e. The normalized spacial score (nSPS) is 32.7. The van der Waals surface area contributed by atoms with Crippen molar-refractivity contribution in [3.05, 3.63) is 34.4 Å². The molecule has 1 fully saturated rings. The summed E-state index contributed by atoms with van der Waals surface area (Å²) in [5.74, 6) is -0.160. The third-order valence-corrected chi connectivity index (χ3v) is 3.15. The van der Waals surface area contributed by atoms with Gasteiger partial charge in [-0.15, -0.1) is 0 Å². The van der Waals surface area contributed by atoms with Crippen molar-refractivity contribution in [1.82, 2.24) is 0 Å². The highest BCUT2D eigenvalue weighted by molar-refractivity contribution is 5.45. The molecule has 116 valence electrons. The van der Waals surface area contributed by atoms with Gasteiger partial charge in [0, 0.05) is 6.07 Å². The molecular formula is C12H15NO8. The number of aliphatic hydroxyl groups excluding tert-OH is 4. The fourth-order valence-corrected chi connectivity index (χ4v) is 2.00. The summed E-state index contributed by atoms with van der Waals surface area (Å²) in [5.41, 5.74) is -0.338. The highest BCUT2D eigenvalue weighted by atomic mass is 16.7. The number of ether oxygens (including phenoxy) is 2. The van der Waals surface area contributed by atoms with Crippen molar-refractivity contribution in [2.45, 2.75) is 30.7 Å². The number of para-hydroxylation sites is 2. The van der Waals surface area contributed by atoms with E-state index in [0.717, 1.165) is 0 Å². The zero-order valence-corrected chi connectivity index (χ0v) is 10.8. The molecule has 1 heterocycles. The molecule has 2 rings (SSSR count). The Balaban J connectivity index is 2.20. The van der Waals surface area contributed by atoms with Crippen LogP contribution in [0.3, 0.4) is 0 Å². The van der Waals surface area contributed by atoms with Gasteiger partial charge in [0.25, 0.3) is 0 Å². The van der Waals surface area contributed by atoms with Gasteiger partial charge in [0.2, 0.25) is 6.29 Å². The third-order valence-electron chi connectivity index (χ3n) is 3.15. The van der Waals surface area contributed by atoms with Crippen LogP contribution in [0.5, 0.6) is 5.75 Å². The van der Waals surface area contributed by atoms with Gasteiger partial charge in [-0.3, -0.25) is 10.1 Å². The van der Waals surface area contributed by atoms with Crippen molar-refractivity contribution in [3.63, 3.8) is 0 Å². The maximum atomic E-state index is 10.9. The second kappa shape index (κ2) is 6.33. The van der Waals surface area contributed by atoms with Crippen LogP contribution in [-0.2, 0) is 4.74 Å². The van der Waals surface area contributed by atoms with E-state index in [1.54, 1.807) is 0 Å². The Morgan fingerprint density at radius 2 is 1.86 bits per heavy atom. The second-order valence-corrected chi connectivity index (χ2v) is 4.54. The number of aliphatic hydroxyl groups is 4. The first kappa shape index (κ1) is 15.6. The lowest BCUT2D eigenvalue weighted by Gasteiger charge is -2.39. The molecule has 1 aliphatic rings. The van der Waals surface area contributed by atoms with E-state index in [9.17, 15) is 25.4 Å². The average molecular weight is 301 g/mol. The van der Waals surface area contributed by atoms with E-state index < -0.39 is 42.2 Å². The Labute approximate surface area is 119 Å². The van der Waals surface area contributed by atoms with Crippen LogP contribution >= 0.6 is 0 Å². The monoisotopic (exact) mass is 301 g/mol. The minimum atomic E-state index is -1.62. The Hall–Kier alpha value is -1.78. The van der Waals surface area contributed by atoms with Crippen LogP contribution in [0.4, 0.5) is 5.69 Å². The summed E-state index contributed by atoms with van der Waals surface area (Å²) in [6.07, 6.45) is -7.35. The molecule has 5 atom stereocenters. The van der Waals surface area contributed by atoms with Gasteiger partial charge in [0.1, 0.15) is 24.4 Å². The van der Waals surface area contributed by atoms with Crippen molar-refractivity contribution >= 4 is 5.69 Å². The first-order valence-corrected chi connectivity index (χ1v) is 6.16. The number of nitro groups is 1. The van der Waals surface area contributed by atoms with Crippen molar-refractivity contribution in [2.75, 3.05) is 6.61 Å². The highest BCUT2D eigenvalue weighted by Crippen LogP contribution is 2.30. The minimum absolute atomic E-state index is 0.160. The molecule has 1 aromatic rings. The lowest BCUT2D eigenvalue weighted by atomic mass is 9.99. The Bertz CT molecular complexity index is 508. The molecule has 0 amide bonds. The third kappa shape index (κ3) is 3.12. The van der Waals surface area contributed by atoms with Gasteiger partial charge in [0.05, 0.1) is 11.5 Å². The van der Waals surface area contributed by atoms with E-state index in [4.69, 9.17) is 14.6 Å². The number of nitrogens with zero attached hydrogens (tertiary/aromatic N) is 1. The van der Waals surface area contributed by atoms with Crippen LogP contribution in [0.25, 0.3) is 0 Å². The van der Waals surface area contributed by atoms with Crippen molar-refractivity contribution in [3.8, 4) is 5.75 Å². The molecule has 0 spiro atoms. The van der Waals surface area contributed by atoms with E-state index in [0.29, 0.717) is 0 Å². The largest absolute Gasteiger partial charge is 0.455 e. The van der Waals surface area contributed by atoms with Crippen molar-refractivity contribution in [1.29, 1.82) is 0 Å². The van der Waals surface area contributed by atoms with E-state index in [1.807, 2.05) is 0 Å². The summed E-state index contributed by atoms with van der Waals surface area (Å²) < 4.78 is 10.3. The smallest absolute Gasteiger partial charge is 0.311 e. The van der Waals surface area contributed by atoms with Gasteiger partial charge in [-0.05, 0) is 6.07 Å². The number of nitro benzene ring substituents is 1. The van der Waals surface area contributed by atoms with Crippen LogP contribution in [0.1, 0.15) is 0 Å². The molecule has 0 saturated carbocycles. The van der Waals surface area contributed by atoms with E-state index >= 15 is 0 Å². The Morgan fingerprint density at radius 1 is 1.19 bits per heavy atom. The molecule has 9 heteroatoms. The lowest BCUT2D eigenvalue weighted by molar-refractivity contribution is -0.387. The Morgan fingerprint density at radius 3 is 2.48 bits per heavy atom. The molecule has 0 unspecified atom stereocenters. The highest BCUT2D eigenvalue weighted by Gasteiger charge is 2.45. The minimum Gasteiger partial charge on any atom is -0.455 e. The molecule has 21 heavy (non-hydrogen) atoms. The Kier molecular flexibility index (Phi) is 4.70. The maximum absolute atomic E-state index is 10.9. The first-order valence-electron chi connectivity index (χ1n) is 6.16. The quantitative estimate of drug-likeness (QED) is 0.400. The fraction of sp³-hybridized carbons (Fsp3) is 0.500. The number of hydrogen-bond donors (Lipinski definition) is 4. The lowest BCUT2D eigenvalue weighted by Crippen LogP contribution is -2.60. The van der Waals surface area contributed by atoms with E-state index in [2.05, 4.69) is 0 Å². The van der Waals surface area contributed by atoms with E-state index in [1.165, 1.54) is 24.3 Å². The zero-order valence-electron chi connectivity index (χ0n) is 10.8. The molecule has 0 bridgehead atoms. The summed E-state index contributed by atoms with van der Waals surface area (Å²) in [6.45, 7) is -0.609. The van der Waals surface area contributed by atoms with Crippen molar-refractivity contribution < 1.29 is 34.8 Å². The summed E-state index contributed by atoms with van der Waals surface area (Å²) >= 11 is 0. The van der Waals surface area contributed by atoms with Crippen molar-refractivity contribution in [2.24, 2.45) is 0 Å². The summed E-state index contributed by atoms with van der Waals surface area (Å²) in [5, 5.41) is 49.0. The van der Waals surface area contributed by atoms with Gasteiger partial charge < -0.3 is 29.9 Å². The van der Waals surface area contributed by atoms with Gasteiger partial charge in [0.15, 0.2) is 5.75 Å². The molecule has 9 nitrogen and oxygen atoms in total. The van der Waals surface area contributed by atoms with E-state index in [-0.39, 0.29) is 11.4 Å². The predicted octanol–water partition coefficient (Wildman–Crippen LogP) is -1.23. The summed E-state index contributed by atoms with van der Waals surface area (Å²) in [6, 6.07) is 5.45. The number of hydrogen-bond acceptors (Lipinski definition) is 8. The molecule has 1 saturated heterocycles. The topological polar surface area (TPSA) is 143 Å². The summed E-state index contributed by atoms with van der Waals surface area (Å²) in [4.78, 5) is 10.2. The standard InChI is InChI=1S/C12H15NO8/c14-5-8-9(15)10(16)11(17)12(21-8)20-7-4-2-1-3-6(7)13(18)19/h1-4,8-12,14-17H,5H2/t8-,9+,10-,11-,12-/m0/s1. The predicted molar refractivity (Wildman–Crippen MR) is 67.5 cm³/mol. The van der Waals surface area contributed by atoms with Crippen LogP contribution in [0.2, 0.25) is 0 Å². The van der Waals surface area contributed by atoms with Crippen LogP contribution in [-0.4, -0.2) is 62.7 Å². The first-order chi connectivity index (χ1) is 9.95. The molecule has 0 aromatic heterocycles. The molecule has 0 aliphatic carbocycles. The zero-order chi connectivity index (χ0) is 15.6. The molecule has 1 aliphatic heterocycles. The SMILES string of the molecule is O=[N+]([O-])c1ccccc1O[C@H]1O[C@@H](CO)[C@@H](O)[C@H](O)[C@@H]1O. The number of rotatable bonds is 4.